The molecule has 11 aromatic rings. The highest BCUT2D eigenvalue weighted by atomic mass is 15.1. The van der Waals surface area contributed by atoms with Crippen molar-refractivity contribution < 1.29 is 0 Å². The van der Waals surface area contributed by atoms with E-state index in [1.807, 2.05) is 0 Å². The van der Waals surface area contributed by atoms with Crippen LogP contribution in [-0.2, 0) is 0 Å². The number of fused-ring (bicyclic) bond motifs is 3. The van der Waals surface area contributed by atoms with Gasteiger partial charge in [-0.3, -0.25) is 0 Å². The Balaban J connectivity index is 1.16. The Labute approximate surface area is 362 Å². The van der Waals surface area contributed by atoms with Gasteiger partial charge < -0.3 is 9.47 Å². The van der Waals surface area contributed by atoms with E-state index in [-0.39, 0.29) is 0 Å². The van der Waals surface area contributed by atoms with Crippen molar-refractivity contribution in [2.24, 2.45) is 0 Å². The zero-order valence-electron chi connectivity index (χ0n) is 34.1. The highest BCUT2D eigenvalue weighted by Crippen LogP contribution is 2.46. The van der Waals surface area contributed by atoms with Crippen molar-refractivity contribution in [3.05, 3.63) is 255 Å². The second-order valence-corrected chi connectivity index (χ2v) is 15.7. The average molecular weight is 791 g/mol. The van der Waals surface area contributed by atoms with Crippen LogP contribution in [0.15, 0.2) is 255 Å². The van der Waals surface area contributed by atoms with Crippen molar-refractivity contribution in [3.8, 4) is 61.3 Å². The fourth-order valence-electron chi connectivity index (χ4n) is 9.21. The number of nitrogens with zero attached hydrogens (tertiary/aromatic N) is 2. The molecule has 62 heavy (non-hydrogen) atoms. The van der Waals surface area contributed by atoms with E-state index in [0.29, 0.717) is 0 Å². The molecule has 2 heteroatoms. The van der Waals surface area contributed by atoms with Crippen LogP contribution in [-0.4, -0.2) is 4.57 Å². The molecule has 0 fully saturated rings. The smallest absolute Gasteiger partial charge is 0.0562 e. The standard InChI is InChI=1S/C60H42N2/c1-6-21-43(22-7-1)50-31-16-17-32-51(50)47-37-40-57(55(41-47)45-25-10-3-11-26-45)61(48-29-14-5-15-30-48)49-38-39-54-53-33-18-19-35-56(53)62(59(54)42-49)58-36-20-34-52(44-23-8-2-9-24-44)60(58)46-27-12-4-13-28-46/h1-42H. The molecular weight excluding hydrogens is 749 g/mol. The minimum Gasteiger partial charge on any atom is -0.310 e. The van der Waals surface area contributed by atoms with Crippen molar-refractivity contribution in [2.45, 2.75) is 0 Å². The van der Waals surface area contributed by atoms with Crippen LogP contribution in [0.4, 0.5) is 17.1 Å². The van der Waals surface area contributed by atoms with Crippen LogP contribution in [0.2, 0.25) is 0 Å². The average Bonchev–Trinajstić information content (AvgIpc) is 3.69. The van der Waals surface area contributed by atoms with Gasteiger partial charge in [0.1, 0.15) is 0 Å². The molecule has 0 aliphatic heterocycles. The van der Waals surface area contributed by atoms with Crippen molar-refractivity contribution in [1.82, 2.24) is 4.57 Å². The van der Waals surface area contributed by atoms with Gasteiger partial charge in [-0.15, -0.1) is 0 Å². The maximum absolute atomic E-state index is 2.48. The normalized spacial score (nSPS) is 11.2. The van der Waals surface area contributed by atoms with Gasteiger partial charge >= 0.3 is 0 Å². The molecule has 292 valence electrons. The number of hydrogen-bond donors (Lipinski definition) is 0. The van der Waals surface area contributed by atoms with Crippen LogP contribution in [0.3, 0.4) is 0 Å². The minimum atomic E-state index is 1.07. The molecule has 0 N–H and O–H groups in total. The van der Waals surface area contributed by atoms with Crippen LogP contribution >= 0.6 is 0 Å². The Bertz CT molecular complexity index is 3320. The Morgan fingerprint density at radius 1 is 0.274 bits per heavy atom. The summed E-state index contributed by atoms with van der Waals surface area (Å²) in [5.74, 6) is 0. The van der Waals surface area contributed by atoms with E-state index in [1.54, 1.807) is 0 Å². The molecule has 0 spiro atoms. The lowest BCUT2D eigenvalue weighted by atomic mass is 9.91. The van der Waals surface area contributed by atoms with Gasteiger partial charge in [-0.2, -0.15) is 0 Å². The fourth-order valence-corrected chi connectivity index (χ4v) is 9.21. The fraction of sp³-hybridized carbons (Fsp3) is 0. The highest BCUT2D eigenvalue weighted by molar-refractivity contribution is 6.11. The molecule has 0 amide bonds. The molecule has 1 heterocycles. The van der Waals surface area contributed by atoms with Crippen molar-refractivity contribution in [3.63, 3.8) is 0 Å². The number of para-hydroxylation sites is 2. The second-order valence-electron chi connectivity index (χ2n) is 15.7. The summed E-state index contributed by atoms with van der Waals surface area (Å²) in [4.78, 5) is 2.43. The van der Waals surface area contributed by atoms with Gasteiger partial charge in [0.05, 0.1) is 22.4 Å². The zero-order valence-corrected chi connectivity index (χ0v) is 34.1. The topological polar surface area (TPSA) is 8.17 Å². The SMILES string of the molecule is c1ccc(-c2ccccc2-c2ccc(N(c3ccccc3)c3ccc4c5ccccc5n(-c5cccc(-c6ccccc6)c5-c5ccccc5)c4c3)c(-c3ccccc3)c2)cc1. The first-order chi connectivity index (χ1) is 30.8. The number of hydrogen-bond acceptors (Lipinski definition) is 1. The molecular formula is C60H42N2. The third-order valence-electron chi connectivity index (χ3n) is 12.0. The van der Waals surface area contributed by atoms with Gasteiger partial charge in [0.15, 0.2) is 0 Å². The summed E-state index contributed by atoms with van der Waals surface area (Å²) >= 11 is 0. The quantitative estimate of drug-likeness (QED) is 0.141. The third kappa shape index (κ3) is 6.65. The van der Waals surface area contributed by atoms with Crippen LogP contribution in [0.25, 0.3) is 83.1 Å². The summed E-state index contributed by atoms with van der Waals surface area (Å²) in [6.45, 7) is 0. The third-order valence-corrected chi connectivity index (χ3v) is 12.0. The van der Waals surface area contributed by atoms with Crippen molar-refractivity contribution in [2.75, 3.05) is 4.90 Å². The van der Waals surface area contributed by atoms with Gasteiger partial charge in [-0.1, -0.05) is 206 Å². The molecule has 1 aromatic heterocycles. The van der Waals surface area contributed by atoms with Crippen LogP contribution < -0.4 is 4.90 Å². The van der Waals surface area contributed by atoms with Crippen LogP contribution in [0.1, 0.15) is 0 Å². The van der Waals surface area contributed by atoms with E-state index < -0.39 is 0 Å². The van der Waals surface area contributed by atoms with Crippen LogP contribution in [0.5, 0.6) is 0 Å². The summed E-state index contributed by atoms with van der Waals surface area (Å²) in [5, 5.41) is 2.42. The first-order valence-electron chi connectivity index (χ1n) is 21.3. The molecule has 11 rings (SSSR count). The summed E-state index contributed by atoms with van der Waals surface area (Å²) in [7, 11) is 0. The lowest BCUT2D eigenvalue weighted by Gasteiger charge is -2.29. The summed E-state index contributed by atoms with van der Waals surface area (Å²) in [5.41, 5.74) is 18.5. The first kappa shape index (κ1) is 36.8. The van der Waals surface area contributed by atoms with E-state index in [9.17, 15) is 0 Å². The molecule has 0 aliphatic carbocycles. The van der Waals surface area contributed by atoms with Crippen LogP contribution in [0, 0.1) is 0 Å². The van der Waals surface area contributed by atoms with Gasteiger partial charge in [0.25, 0.3) is 0 Å². The first-order valence-corrected chi connectivity index (χ1v) is 21.3. The molecule has 0 radical (unpaired) electrons. The Morgan fingerprint density at radius 3 is 1.44 bits per heavy atom. The van der Waals surface area contributed by atoms with E-state index in [4.69, 9.17) is 0 Å². The van der Waals surface area contributed by atoms with E-state index in [2.05, 4.69) is 264 Å². The van der Waals surface area contributed by atoms with Crippen molar-refractivity contribution >= 4 is 38.9 Å². The Morgan fingerprint density at radius 2 is 0.774 bits per heavy atom. The second kappa shape index (κ2) is 16.1. The maximum atomic E-state index is 2.48. The largest absolute Gasteiger partial charge is 0.310 e. The lowest BCUT2D eigenvalue weighted by molar-refractivity contribution is 1.18. The van der Waals surface area contributed by atoms with Gasteiger partial charge in [-0.25, -0.2) is 0 Å². The summed E-state index contributed by atoms with van der Waals surface area (Å²) < 4.78 is 2.48. The van der Waals surface area contributed by atoms with E-state index >= 15 is 0 Å². The molecule has 0 unspecified atom stereocenters. The number of benzene rings is 10. The maximum Gasteiger partial charge on any atom is 0.0562 e. The minimum absolute atomic E-state index is 1.07. The highest BCUT2D eigenvalue weighted by Gasteiger charge is 2.23. The molecule has 0 saturated heterocycles. The molecule has 0 aliphatic rings. The summed E-state index contributed by atoms with van der Waals surface area (Å²) in [6, 6.07) is 92.1. The predicted molar refractivity (Wildman–Crippen MR) is 263 cm³/mol. The summed E-state index contributed by atoms with van der Waals surface area (Å²) in [6.07, 6.45) is 0. The van der Waals surface area contributed by atoms with Gasteiger partial charge in [-0.05, 0) is 93.0 Å². The van der Waals surface area contributed by atoms with E-state index in [1.165, 1.54) is 60.8 Å². The molecule has 0 saturated carbocycles. The predicted octanol–water partition coefficient (Wildman–Crippen LogP) is 16.6. The zero-order chi connectivity index (χ0) is 41.2. The molecule has 2 nitrogen and oxygen atoms in total. The van der Waals surface area contributed by atoms with Crippen molar-refractivity contribution in [1.29, 1.82) is 0 Å². The van der Waals surface area contributed by atoms with Gasteiger partial charge in [0.2, 0.25) is 0 Å². The molecule has 10 aromatic carbocycles. The Kier molecular flexibility index (Phi) is 9.57. The van der Waals surface area contributed by atoms with Gasteiger partial charge in [0, 0.05) is 33.3 Å². The molecule has 0 bridgehead atoms. The lowest BCUT2D eigenvalue weighted by Crippen LogP contribution is -2.11. The number of anilines is 3. The monoisotopic (exact) mass is 790 g/mol. The number of rotatable bonds is 9. The Hall–Kier alpha value is -8.20. The van der Waals surface area contributed by atoms with E-state index in [0.717, 1.165) is 39.4 Å². The molecule has 0 atom stereocenters. The number of aromatic nitrogens is 1.